The molecule has 1 saturated heterocycles. The predicted octanol–water partition coefficient (Wildman–Crippen LogP) is 3.29. The summed E-state index contributed by atoms with van der Waals surface area (Å²) in [6, 6.07) is 4.33. The molecule has 1 aromatic carbocycles. The zero-order chi connectivity index (χ0) is 12.6. The lowest BCUT2D eigenvalue weighted by Crippen LogP contribution is -2.47. The smallest absolute Gasteiger partial charge is 0.407 e. The molecule has 1 aliphatic rings. The summed E-state index contributed by atoms with van der Waals surface area (Å²) in [7, 11) is 0. The van der Waals surface area contributed by atoms with Crippen molar-refractivity contribution in [2.24, 2.45) is 5.41 Å². The lowest BCUT2D eigenvalue weighted by molar-refractivity contribution is 0.0378. The molecule has 1 atom stereocenters. The quantitative estimate of drug-likeness (QED) is 0.838. The minimum Gasteiger partial charge on any atom is -0.449 e. The number of rotatable bonds is 1. The van der Waals surface area contributed by atoms with Crippen LogP contribution < -0.4 is 5.32 Å². The van der Waals surface area contributed by atoms with E-state index in [2.05, 4.69) is 5.32 Å². The van der Waals surface area contributed by atoms with E-state index in [1.54, 1.807) is 12.1 Å². The van der Waals surface area contributed by atoms with Gasteiger partial charge in [-0.25, -0.2) is 9.18 Å². The number of hydrogen-bond donors (Lipinski definition) is 1. The average Bonchev–Trinajstić information content (AvgIpc) is 2.26. The lowest BCUT2D eigenvalue weighted by Gasteiger charge is -2.38. The third kappa shape index (κ3) is 2.22. The number of amides is 1. The van der Waals surface area contributed by atoms with Crippen LogP contribution in [0.4, 0.5) is 9.18 Å². The highest BCUT2D eigenvalue weighted by Gasteiger charge is 2.39. The SMILES string of the molecule is CC1(C)COC(=O)N[C@H]1c1cccc(Cl)c1F. The number of carbonyl (C=O) groups is 1. The van der Waals surface area contributed by atoms with Crippen LogP contribution >= 0.6 is 11.6 Å². The van der Waals surface area contributed by atoms with Crippen molar-refractivity contribution >= 4 is 17.7 Å². The normalized spacial score (nSPS) is 22.8. The minimum atomic E-state index is -0.534. The van der Waals surface area contributed by atoms with Crippen LogP contribution in [-0.2, 0) is 4.74 Å². The van der Waals surface area contributed by atoms with Crippen molar-refractivity contribution in [3.05, 3.63) is 34.6 Å². The second kappa shape index (κ2) is 4.18. The molecule has 0 aliphatic carbocycles. The Balaban J connectivity index is 2.43. The molecule has 1 aliphatic heterocycles. The Labute approximate surface area is 104 Å². The van der Waals surface area contributed by atoms with Gasteiger partial charge >= 0.3 is 6.09 Å². The third-order valence-corrected chi connectivity index (χ3v) is 3.20. The summed E-state index contributed by atoms with van der Waals surface area (Å²) >= 11 is 5.74. The molecule has 17 heavy (non-hydrogen) atoms. The maximum absolute atomic E-state index is 13.9. The fraction of sp³-hybridized carbons (Fsp3) is 0.417. The molecule has 1 N–H and O–H groups in total. The number of hydrogen-bond acceptors (Lipinski definition) is 2. The second-order valence-electron chi connectivity index (χ2n) is 4.79. The zero-order valence-corrected chi connectivity index (χ0v) is 10.3. The van der Waals surface area contributed by atoms with Gasteiger partial charge in [-0.3, -0.25) is 0 Å². The van der Waals surface area contributed by atoms with Crippen LogP contribution in [0.25, 0.3) is 0 Å². The molecule has 1 aromatic rings. The first kappa shape index (κ1) is 12.2. The first-order chi connectivity index (χ1) is 7.92. The van der Waals surface area contributed by atoms with Crippen molar-refractivity contribution in [1.82, 2.24) is 5.32 Å². The Morgan fingerprint density at radius 3 is 2.94 bits per heavy atom. The van der Waals surface area contributed by atoms with Gasteiger partial charge in [0.1, 0.15) is 12.4 Å². The van der Waals surface area contributed by atoms with Crippen molar-refractivity contribution < 1.29 is 13.9 Å². The molecular weight excluding hydrogens is 245 g/mol. The highest BCUT2D eigenvalue weighted by Crippen LogP contribution is 2.38. The molecule has 0 unspecified atom stereocenters. The summed E-state index contributed by atoms with van der Waals surface area (Å²) in [4.78, 5) is 11.2. The molecule has 5 heteroatoms. The van der Waals surface area contributed by atoms with Crippen molar-refractivity contribution in [3.8, 4) is 0 Å². The van der Waals surface area contributed by atoms with Crippen molar-refractivity contribution in [1.29, 1.82) is 0 Å². The van der Waals surface area contributed by atoms with Gasteiger partial charge in [-0.05, 0) is 6.07 Å². The number of nitrogens with one attached hydrogen (secondary N) is 1. The second-order valence-corrected chi connectivity index (χ2v) is 5.19. The van der Waals surface area contributed by atoms with E-state index in [-0.39, 0.29) is 17.0 Å². The van der Waals surface area contributed by atoms with Crippen LogP contribution in [-0.4, -0.2) is 12.7 Å². The summed E-state index contributed by atoms with van der Waals surface area (Å²) in [5, 5.41) is 2.69. The molecule has 3 nitrogen and oxygen atoms in total. The predicted molar refractivity (Wildman–Crippen MR) is 62.4 cm³/mol. The number of ether oxygens (including phenoxy) is 1. The van der Waals surface area contributed by atoms with Crippen molar-refractivity contribution in [3.63, 3.8) is 0 Å². The fourth-order valence-electron chi connectivity index (χ4n) is 1.93. The van der Waals surface area contributed by atoms with Crippen LogP contribution in [0, 0.1) is 11.2 Å². The lowest BCUT2D eigenvalue weighted by atomic mass is 9.80. The van der Waals surface area contributed by atoms with E-state index >= 15 is 0 Å². The van der Waals surface area contributed by atoms with Gasteiger partial charge in [0.05, 0.1) is 11.1 Å². The average molecular weight is 258 g/mol. The van der Waals surface area contributed by atoms with E-state index in [1.807, 2.05) is 13.8 Å². The van der Waals surface area contributed by atoms with Crippen LogP contribution in [0.2, 0.25) is 5.02 Å². The van der Waals surface area contributed by atoms with Gasteiger partial charge in [0.15, 0.2) is 0 Å². The first-order valence-electron chi connectivity index (χ1n) is 5.29. The van der Waals surface area contributed by atoms with E-state index in [9.17, 15) is 9.18 Å². The topological polar surface area (TPSA) is 38.3 Å². The van der Waals surface area contributed by atoms with Gasteiger partial charge < -0.3 is 10.1 Å². The number of alkyl carbamates (subject to hydrolysis) is 1. The third-order valence-electron chi connectivity index (χ3n) is 2.91. The van der Waals surface area contributed by atoms with E-state index in [0.717, 1.165) is 0 Å². The molecular formula is C12H13ClFNO2. The van der Waals surface area contributed by atoms with Gasteiger partial charge in [-0.2, -0.15) is 0 Å². The standard InChI is InChI=1S/C12H13ClFNO2/c1-12(2)6-17-11(16)15-10(12)7-4-3-5-8(13)9(7)14/h3-5,10H,6H2,1-2H3,(H,15,16)/t10-/m0/s1. The summed E-state index contributed by atoms with van der Waals surface area (Å²) < 4.78 is 18.8. The Kier molecular flexibility index (Phi) is 3.00. The Bertz CT molecular complexity index is 462. The molecule has 1 amide bonds. The summed E-state index contributed by atoms with van der Waals surface area (Å²) in [5.41, 5.74) is -0.00135. The zero-order valence-electron chi connectivity index (χ0n) is 9.59. The van der Waals surface area contributed by atoms with Crippen molar-refractivity contribution in [2.75, 3.05) is 6.61 Å². The van der Waals surface area contributed by atoms with E-state index < -0.39 is 18.0 Å². The van der Waals surface area contributed by atoms with E-state index in [0.29, 0.717) is 5.56 Å². The number of carbonyl (C=O) groups excluding carboxylic acids is 1. The Morgan fingerprint density at radius 1 is 1.53 bits per heavy atom. The maximum Gasteiger partial charge on any atom is 0.407 e. The Morgan fingerprint density at radius 2 is 2.24 bits per heavy atom. The van der Waals surface area contributed by atoms with Crippen molar-refractivity contribution in [2.45, 2.75) is 19.9 Å². The van der Waals surface area contributed by atoms with Crippen LogP contribution in [0.15, 0.2) is 18.2 Å². The van der Waals surface area contributed by atoms with Gasteiger partial charge in [0.25, 0.3) is 0 Å². The molecule has 0 aromatic heterocycles. The molecule has 2 rings (SSSR count). The monoisotopic (exact) mass is 257 g/mol. The molecule has 0 saturated carbocycles. The maximum atomic E-state index is 13.9. The van der Waals surface area contributed by atoms with Gasteiger partial charge in [-0.1, -0.05) is 37.6 Å². The van der Waals surface area contributed by atoms with Gasteiger partial charge in [-0.15, -0.1) is 0 Å². The van der Waals surface area contributed by atoms with Crippen LogP contribution in [0.5, 0.6) is 0 Å². The summed E-state index contributed by atoms with van der Waals surface area (Å²) in [5.74, 6) is -0.491. The Hall–Kier alpha value is -1.29. The molecule has 0 bridgehead atoms. The molecule has 0 radical (unpaired) electrons. The molecule has 92 valence electrons. The van der Waals surface area contributed by atoms with Crippen LogP contribution in [0.1, 0.15) is 25.5 Å². The highest BCUT2D eigenvalue weighted by atomic mass is 35.5. The summed E-state index contributed by atoms with van der Waals surface area (Å²) in [6.45, 7) is 4.05. The highest BCUT2D eigenvalue weighted by molar-refractivity contribution is 6.30. The van der Waals surface area contributed by atoms with Gasteiger partial charge in [0.2, 0.25) is 0 Å². The number of halogens is 2. The largest absolute Gasteiger partial charge is 0.449 e. The molecule has 0 spiro atoms. The van der Waals surface area contributed by atoms with Gasteiger partial charge in [0, 0.05) is 11.0 Å². The number of benzene rings is 1. The number of cyclic esters (lactones) is 1. The molecule has 1 heterocycles. The van der Waals surface area contributed by atoms with E-state index in [1.165, 1.54) is 6.07 Å². The minimum absolute atomic E-state index is 0.0547. The molecule has 1 fully saturated rings. The van der Waals surface area contributed by atoms with E-state index in [4.69, 9.17) is 16.3 Å². The fourth-order valence-corrected chi connectivity index (χ4v) is 2.11. The first-order valence-corrected chi connectivity index (χ1v) is 5.67. The summed E-state index contributed by atoms with van der Waals surface area (Å²) in [6.07, 6.45) is -0.534. The van der Waals surface area contributed by atoms with Crippen LogP contribution in [0.3, 0.4) is 0 Å².